The molecule has 2 aromatic rings. The number of methoxy groups -OCH3 is 1. The number of benzene rings is 2. The van der Waals surface area contributed by atoms with Crippen LogP contribution in [0.2, 0.25) is 0 Å². The van der Waals surface area contributed by atoms with Gasteiger partial charge in [-0.15, -0.1) is 0 Å². The summed E-state index contributed by atoms with van der Waals surface area (Å²) in [4.78, 5) is 26.9. The minimum atomic E-state index is -0.158. The summed E-state index contributed by atoms with van der Waals surface area (Å²) in [7, 11) is 1.43. The standard InChI is InChI=1S/C22H24N2O3/c1-27-22(26)16-3-2-4-19(11-16)24-13-17-6-5-15(12-20(17)21(24)25)14-7-9-18(23)10-8-14/h5-10,12,16,19H,2-4,11,13,23H2,1H3. The molecule has 0 spiro atoms. The quantitative estimate of drug-likeness (QED) is 0.667. The maximum atomic E-state index is 13.1. The van der Waals surface area contributed by atoms with Gasteiger partial charge in [0.05, 0.1) is 13.0 Å². The smallest absolute Gasteiger partial charge is 0.308 e. The van der Waals surface area contributed by atoms with Crippen molar-refractivity contribution in [1.29, 1.82) is 0 Å². The van der Waals surface area contributed by atoms with Crippen LogP contribution in [0.15, 0.2) is 42.5 Å². The summed E-state index contributed by atoms with van der Waals surface area (Å²) in [6, 6.07) is 13.8. The second kappa shape index (κ2) is 7.06. The van der Waals surface area contributed by atoms with E-state index in [1.165, 1.54) is 7.11 Å². The number of fused-ring (bicyclic) bond motifs is 1. The van der Waals surface area contributed by atoms with Crippen molar-refractivity contribution >= 4 is 17.6 Å². The molecule has 4 rings (SSSR count). The van der Waals surface area contributed by atoms with Crippen LogP contribution in [0.4, 0.5) is 5.69 Å². The third kappa shape index (κ3) is 3.29. The number of nitrogens with zero attached hydrogens (tertiary/aromatic N) is 1. The Morgan fingerprint density at radius 1 is 1.11 bits per heavy atom. The van der Waals surface area contributed by atoms with Crippen molar-refractivity contribution in [3.05, 3.63) is 53.6 Å². The van der Waals surface area contributed by atoms with Crippen LogP contribution < -0.4 is 5.73 Å². The number of amides is 1. The number of hydrogen-bond donors (Lipinski definition) is 1. The molecule has 1 fully saturated rings. The van der Waals surface area contributed by atoms with Crippen LogP contribution in [0.25, 0.3) is 11.1 Å². The van der Waals surface area contributed by atoms with E-state index in [1.54, 1.807) is 0 Å². The van der Waals surface area contributed by atoms with Crippen LogP contribution in [0, 0.1) is 5.92 Å². The van der Waals surface area contributed by atoms with Gasteiger partial charge in [-0.3, -0.25) is 9.59 Å². The van der Waals surface area contributed by atoms with Gasteiger partial charge in [0.1, 0.15) is 0 Å². The number of ether oxygens (including phenoxy) is 1. The second-order valence-electron chi connectivity index (χ2n) is 7.47. The molecular weight excluding hydrogens is 340 g/mol. The fourth-order valence-corrected chi connectivity index (χ4v) is 4.30. The van der Waals surface area contributed by atoms with Gasteiger partial charge in [-0.05, 0) is 54.2 Å². The summed E-state index contributed by atoms with van der Waals surface area (Å²) < 4.78 is 4.91. The molecule has 1 heterocycles. The van der Waals surface area contributed by atoms with Gasteiger partial charge >= 0.3 is 5.97 Å². The molecule has 5 nitrogen and oxygen atoms in total. The van der Waals surface area contributed by atoms with Crippen LogP contribution in [0.1, 0.15) is 41.6 Å². The molecule has 2 unspecified atom stereocenters. The van der Waals surface area contributed by atoms with Crippen molar-refractivity contribution in [1.82, 2.24) is 4.90 Å². The molecule has 0 aromatic heterocycles. The van der Waals surface area contributed by atoms with E-state index < -0.39 is 0 Å². The molecule has 27 heavy (non-hydrogen) atoms. The summed E-state index contributed by atoms with van der Waals surface area (Å²) in [6.07, 6.45) is 3.43. The Morgan fingerprint density at radius 2 is 1.85 bits per heavy atom. The van der Waals surface area contributed by atoms with E-state index >= 15 is 0 Å². The van der Waals surface area contributed by atoms with Gasteiger partial charge < -0.3 is 15.4 Å². The molecule has 1 aliphatic heterocycles. The Balaban J connectivity index is 1.55. The van der Waals surface area contributed by atoms with Crippen LogP contribution >= 0.6 is 0 Å². The Bertz CT molecular complexity index is 876. The summed E-state index contributed by atoms with van der Waals surface area (Å²) in [5.74, 6) is -0.192. The number of nitrogens with two attached hydrogens (primary N) is 1. The van der Waals surface area contributed by atoms with E-state index in [9.17, 15) is 9.59 Å². The molecular formula is C22H24N2O3. The first-order chi connectivity index (χ1) is 13.1. The number of esters is 1. The van der Waals surface area contributed by atoms with Gasteiger partial charge in [-0.1, -0.05) is 30.7 Å². The van der Waals surface area contributed by atoms with Crippen molar-refractivity contribution in [3.63, 3.8) is 0 Å². The molecule has 1 aliphatic carbocycles. The van der Waals surface area contributed by atoms with Crippen LogP contribution in [0.3, 0.4) is 0 Å². The molecule has 2 aromatic carbocycles. The summed E-state index contributed by atoms with van der Waals surface area (Å²) in [5.41, 5.74) is 10.4. The molecule has 140 valence electrons. The summed E-state index contributed by atoms with van der Waals surface area (Å²) in [6.45, 7) is 0.620. The SMILES string of the molecule is COC(=O)C1CCCC(N2Cc3ccc(-c4ccc(N)cc4)cc3C2=O)C1. The molecule has 0 bridgehead atoms. The van der Waals surface area contributed by atoms with E-state index in [1.807, 2.05) is 41.3 Å². The van der Waals surface area contributed by atoms with Gasteiger partial charge in [-0.2, -0.15) is 0 Å². The highest BCUT2D eigenvalue weighted by molar-refractivity contribution is 5.99. The van der Waals surface area contributed by atoms with E-state index in [-0.39, 0.29) is 23.8 Å². The highest BCUT2D eigenvalue weighted by Gasteiger charge is 2.37. The van der Waals surface area contributed by atoms with Gasteiger partial charge in [0, 0.05) is 23.8 Å². The number of hydrogen-bond acceptors (Lipinski definition) is 4. The van der Waals surface area contributed by atoms with Crippen LogP contribution in [-0.2, 0) is 16.1 Å². The third-order valence-corrected chi connectivity index (χ3v) is 5.81. The first-order valence-corrected chi connectivity index (χ1v) is 9.44. The average molecular weight is 364 g/mol. The maximum absolute atomic E-state index is 13.1. The number of anilines is 1. The molecule has 0 radical (unpaired) electrons. The fourth-order valence-electron chi connectivity index (χ4n) is 4.30. The van der Waals surface area contributed by atoms with E-state index in [0.29, 0.717) is 13.0 Å². The lowest BCUT2D eigenvalue weighted by atomic mass is 9.85. The number of rotatable bonds is 3. The van der Waals surface area contributed by atoms with Crippen molar-refractivity contribution in [2.45, 2.75) is 38.3 Å². The third-order valence-electron chi connectivity index (χ3n) is 5.81. The zero-order chi connectivity index (χ0) is 19.0. The number of carbonyl (C=O) groups excluding carboxylic acids is 2. The highest BCUT2D eigenvalue weighted by Crippen LogP contribution is 2.35. The van der Waals surface area contributed by atoms with Crippen molar-refractivity contribution in [2.75, 3.05) is 12.8 Å². The lowest BCUT2D eigenvalue weighted by Crippen LogP contribution is -2.40. The van der Waals surface area contributed by atoms with Crippen LogP contribution in [-0.4, -0.2) is 29.9 Å². The monoisotopic (exact) mass is 364 g/mol. The maximum Gasteiger partial charge on any atom is 0.308 e. The van der Waals surface area contributed by atoms with Gasteiger partial charge in [0.25, 0.3) is 5.91 Å². The van der Waals surface area contributed by atoms with Crippen LogP contribution in [0.5, 0.6) is 0 Å². The minimum absolute atomic E-state index is 0.0674. The fraction of sp³-hybridized carbons (Fsp3) is 0.364. The summed E-state index contributed by atoms with van der Waals surface area (Å²) in [5, 5.41) is 0. The second-order valence-corrected chi connectivity index (χ2v) is 7.47. The largest absolute Gasteiger partial charge is 0.469 e. The predicted octanol–water partition coefficient (Wildman–Crippen LogP) is 3.62. The van der Waals surface area contributed by atoms with Gasteiger partial charge in [-0.25, -0.2) is 0 Å². The Hall–Kier alpha value is -2.82. The lowest BCUT2D eigenvalue weighted by molar-refractivity contribution is -0.147. The Morgan fingerprint density at radius 3 is 2.59 bits per heavy atom. The number of carbonyl (C=O) groups is 2. The molecule has 1 amide bonds. The highest BCUT2D eigenvalue weighted by atomic mass is 16.5. The van der Waals surface area contributed by atoms with Gasteiger partial charge in [0.15, 0.2) is 0 Å². The molecule has 2 atom stereocenters. The normalized spacial score (nSPS) is 21.8. The minimum Gasteiger partial charge on any atom is -0.469 e. The topological polar surface area (TPSA) is 72.6 Å². The zero-order valence-corrected chi connectivity index (χ0v) is 15.5. The van der Waals surface area contributed by atoms with Crippen molar-refractivity contribution < 1.29 is 14.3 Å². The molecule has 0 saturated heterocycles. The predicted molar refractivity (Wildman–Crippen MR) is 104 cm³/mol. The molecule has 1 saturated carbocycles. The average Bonchev–Trinajstić information content (AvgIpc) is 3.04. The first-order valence-electron chi connectivity index (χ1n) is 9.44. The molecule has 2 aliphatic rings. The van der Waals surface area contributed by atoms with E-state index in [4.69, 9.17) is 10.5 Å². The molecule has 5 heteroatoms. The first kappa shape index (κ1) is 17.6. The zero-order valence-electron chi connectivity index (χ0n) is 15.5. The van der Waals surface area contributed by atoms with E-state index in [0.717, 1.165) is 47.2 Å². The molecule has 2 N–H and O–H groups in total. The lowest BCUT2D eigenvalue weighted by Gasteiger charge is -2.34. The van der Waals surface area contributed by atoms with Crippen molar-refractivity contribution in [3.8, 4) is 11.1 Å². The summed E-state index contributed by atoms with van der Waals surface area (Å²) >= 11 is 0. The van der Waals surface area contributed by atoms with E-state index in [2.05, 4.69) is 6.07 Å². The number of nitrogen functional groups attached to an aromatic ring is 1. The Kier molecular flexibility index (Phi) is 4.60. The Labute approximate surface area is 159 Å². The van der Waals surface area contributed by atoms with Gasteiger partial charge in [0.2, 0.25) is 0 Å². The van der Waals surface area contributed by atoms with Crippen molar-refractivity contribution in [2.24, 2.45) is 5.92 Å².